The van der Waals surface area contributed by atoms with E-state index in [1.165, 1.54) is 19.1 Å². The first-order chi connectivity index (χ1) is 11.4. The number of aryl methyl sites for hydroxylation is 1. The van der Waals surface area contributed by atoms with Crippen molar-refractivity contribution in [3.63, 3.8) is 0 Å². The van der Waals surface area contributed by atoms with Gasteiger partial charge in [-0.25, -0.2) is 4.39 Å². The second-order valence-corrected chi connectivity index (χ2v) is 6.01. The highest BCUT2D eigenvalue weighted by Gasteiger charge is 2.15. The Labute approximate surface area is 142 Å². The lowest BCUT2D eigenvalue weighted by atomic mass is 10.2. The average Bonchev–Trinajstić information content (AvgIpc) is 2.56. The van der Waals surface area contributed by atoms with Crippen LogP contribution in [0.25, 0.3) is 0 Å². The van der Waals surface area contributed by atoms with Crippen LogP contribution in [-0.2, 0) is 11.3 Å². The average molecular weight is 351 g/mol. The van der Waals surface area contributed by atoms with Gasteiger partial charge < -0.3 is 10.7 Å². The lowest BCUT2D eigenvalue weighted by molar-refractivity contribution is -0.128. The van der Waals surface area contributed by atoms with Gasteiger partial charge in [0.05, 0.1) is 5.75 Å². The number of halogens is 1. The zero-order chi connectivity index (χ0) is 17.7. The van der Waals surface area contributed by atoms with E-state index in [0.717, 1.165) is 16.4 Å². The molecule has 0 atom stereocenters. The van der Waals surface area contributed by atoms with E-state index in [4.69, 9.17) is 5.84 Å². The number of amides is 1. The fourth-order valence-electron chi connectivity index (χ4n) is 2.02. The summed E-state index contributed by atoms with van der Waals surface area (Å²) in [7, 11) is 0. The molecule has 0 saturated heterocycles. The van der Waals surface area contributed by atoms with E-state index in [1.807, 2.05) is 6.92 Å². The Hall–Kier alpha value is -2.42. The van der Waals surface area contributed by atoms with Gasteiger partial charge in [-0.2, -0.15) is 4.68 Å². The number of nitrogen functional groups attached to an aromatic ring is 1. The van der Waals surface area contributed by atoms with Crippen LogP contribution in [0.2, 0.25) is 0 Å². The van der Waals surface area contributed by atoms with Crippen LogP contribution in [0.5, 0.6) is 0 Å². The summed E-state index contributed by atoms with van der Waals surface area (Å²) >= 11 is 1.03. The van der Waals surface area contributed by atoms with Crippen LogP contribution < -0.4 is 11.4 Å². The standard InChI is InChI=1S/C15H18FN5O2S/c1-3-20(8-11-5-4-6-12(16)7-11)13(22)9-24-15-19-18-10(2)14(23)21(15)17/h4-7H,3,8-9,17H2,1-2H3. The molecule has 0 aliphatic heterocycles. The summed E-state index contributed by atoms with van der Waals surface area (Å²) in [5.74, 6) is 5.18. The highest BCUT2D eigenvalue weighted by atomic mass is 32.2. The Morgan fingerprint density at radius 3 is 2.83 bits per heavy atom. The van der Waals surface area contributed by atoms with Crippen molar-refractivity contribution in [2.24, 2.45) is 0 Å². The Bertz CT molecular complexity index is 796. The Morgan fingerprint density at radius 2 is 2.17 bits per heavy atom. The van der Waals surface area contributed by atoms with Gasteiger partial charge in [0.1, 0.15) is 11.5 Å². The van der Waals surface area contributed by atoms with E-state index in [1.54, 1.807) is 17.0 Å². The number of benzene rings is 1. The van der Waals surface area contributed by atoms with Gasteiger partial charge in [-0.15, -0.1) is 10.2 Å². The molecule has 0 aliphatic rings. The molecule has 0 unspecified atom stereocenters. The summed E-state index contributed by atoms with van der Waals surface area (Å²) < 4.78 is 14.1. The summed E-state index contributed by atoms with van der Waals surface area (Å²) in [6.07, 6.45) is 0. The van der Waals surface area contributed by atoms with Gasteiger partial charge in [0.25, 0.3) is 5.56 Å². The van der Waals surface area contributed by atoms with Crippen LogP contribution in [0.4, 0.5) is 4.39 Å². The fourth-order valence-corrected chi connectivity index (χ4v) is 2.77. The highest BCUT2D eigenvalue weighted by molar-refractivity contribution is 7.99. The molecule has 1 amide bonds. The highest BCUT2D eigenvalue weighted by Crippen LogP contribution is 2.14. The van der Waals surface area contributed by atoms with Gasteiger partial charge in [0.15, 0.2) is 0 Å². The number of carbonyl (C=O) groups is 1. The second kappa shape index (κ2) is 7.91. The molecule has 0 fully saturated rings. The van der Waals surface area contributed by atoms with Crippen LogP contribution in [0, 0.1) is 12.7 Å². The molecule has 0 bridgehead atoms. The van der Waals surface area contributed by atoms with Gasteiger partial charge in [0.2, 0.25) is 11.1 Å². The van der Waals surface area contributed by atoms with E-state index in [9.17, 15) is 14.0 Å². The lowest BCUT2D eigenvalue weighted by Crippen LogP contribution is -2.34. The molecule has 0 radical (unpaired) electrons. The minimum atomic E-state index is -0.452. The zero-order valence-corrected chi connectivity index (χ0v) is 14.2. The number of hydrogen-bond acceptors (Lipinski definition) is 6. The Kier molecular flexibility index (Phi) is 5.91. The molecule has 0 saturated carbocycles. The summed E-state index contributed by atoms with van der Waals surface area (Å²) in [4.78, 5) is 25.6. The quantitative estimate of drug-likeness (QED) is 0.615. The second-order valence-electron chi connectivity index (χ2n) is 5.07. The predicted octanol–water partition coefficient (Wildman–Crippen LogP) is 0.940. The molecule has 2 aromatic rings. The Balaban J connectivity index is 2.02. The number of thioether (sulfide) groups is 1. The molecule has 2 rings (SSSR count). The van der Waals surface area contributed by atoms with Crippen LogP contribution in [-0.4, -0.2) is 38.0 Å². The van der Waals surface area contributed by atoms with Crippen LogP contribution in [0.15, 0.2) is 34.2 Å². The van der Waals surface area contributed by atoms with Crippen molar-refractivity contribution in [3.05, 3.63) is 51.7 Å². The molecule has 9 heteroatoms. The smallest absolute Gasteiger partial charge is 0.294 e. The third-order valence-electron chi connectivity index (χ3n) is 3.34. The monoisotopic (exact) mass is 351 g/mol. The molecule has 2 N–H and O–H groups in total. The first kappa shape index (κ1) is 17.9. The number of rotatable bonds is 6. The third kappa shape index (κ3) is 4.31. The maximum absolute atomic E-state index is 13.2. The Morgan fingerprint density at radius 1 is 1.42 bits per heavy atom. The number of nitrogens with zero attached hydrogens (tertiary/aromatic N) is 4. The van der Waals surface area contributed by atoms with Crippen LogP contribution >= 0.6 is 11.8 Å². The topological polar surface area (TPSA) is 94.1 Å². The van der Waals surface area contributed by atoms with Crippen molar-refractivity contribution in [3.8, 4) is 0 Å². The van der Waals surface area contributed by atoms with E-state index >= 15 is 0 Å². The molecule has 1 heterocycles. The van der Waals surface area contributed by atoms with Crippen molar-refractivity contribution in [1.29, 1.82) is 0 Å². The SMILES string of the molecule is CCN(Cc1cccc(F)c1)C(=O)CSc1nnc(C)c(=O)n1N. The first-order valence-electron chi connectivity index (χ1n) is 7.28. The van der Waals surface area contributed by atoms with Crippen molar-refractivity contribution >= 4 is 17.7 Å². The van der Waals surface area contributed by atoms with Crippen molar-refractivity contribution in [1.82, 2.24) is 19.8 Å². The first-order valence-corrected chi connectivity index (χ1v) is 8.27. The molecule has 0 aliphatic carbocycles. The summed E-state index contributed by atoms with van der Waals surface area (Å²) in [6.45, 7) is 4.14. The number of hydrogen-bond donors (Lipinski definition) is 1. The van der Waals surface area contributed by atoms with Gasteiger partial charge >= 0.3 is 0 Å². The van der Waals surface area contributed by atoms with Gasteiger partial charge in [-0.1, -0.05) is 23.9 Å². The van der Waals surface area contributed by atoms with Crippen LogP contribution in [0.3, 0.4) is 0 Å². The molecule has 1 aromatic heterocycles. The lowest BCUT2D eigenvalue weighted by Gasteiger charge is -2.21. The van der Waals surface area contributed by atoms with Gasteiger partial charge in [-0.3, -0.25) is 9.59 Å². The number of carbonyl (C=O) groups excluding carboxylic acids is 1. The maximum atomic E-state index is 13.2. The molecule has 1 aromatic carbocycles. The van der Waals surface area contributed by atoms with Crippen molar-refractivity contribution in [2.45, 2.75) is 25.5 Å². The molecule has 128 valence electrons. The van der Waals surface area contributed by atoms with E-state index in [2.05, 4.69) is 10.2 Å². The minimum absolute atomic E-state index is 0.0531. The summed E-state index contributed by atoms with van der Waals surface area (Å²) in [5.41, 5.74) is 0.447. The third-order valence-corrected chi connectivity index (χ3v) is 4.27. The molecular weight excluding hydrogens is 333 g/mol. The number of aromatic nitrogens is 3. The molecule has 7 nitrogen and oxygen atoms in total. The number of nitrogens with two attached hydrogens (primary N) is 1. The minimum Gasteiger partial charge on any atom is -0.338 e. The summed E-state index contributed by atoms with van der Waals surface area (Å²) in [5, 5.41) is 7.70. The van der Waals surface area contributed by atoms with Gasteiger partial charge in [-0.05, 0) is 31.5 Å². The van der Waals surface area contributed by atoms with E-state index < -0.39 is 5.56 Å². The normalized spacial score (nSPS) is 10.6. The van der Waals surface area contributed by atoms with Crippen LogP contribution in [0.1, 0.15) is 18.2 Å². The van der Waals surface area contributed by atoms with Crippen molar-refractivity contribution < 1.29 is 9.18 Å². The zero-order valence-electron chi connectivity index (χ0n) is 13.4. The fraction of sp³-hybridized carbons (Fsp3) is 0.333. The van der Waals surface area contributed by atoms with Crippen molar-refractivity contribution in [2.75, 3.05) is 18.1 Å². The summed E-state index contributed by atoms with van der Waals surface area (Å²) in [6, 6.07) is 6.11. The molecule has 0 spiro atoms. The predicted molar refractivity (Wildman–Crippen MR) is 89.4 cm³/mol. The molecule has 24 heavy (non-hydrogen) atoms. The van der Waals surface area contributed by atoms with Gasteiger partial charge in [0, 0.05) is 13.1 Å². The maximum Gasteiger partial charge on any atom is 0.294 e. The largest absolute Gasteiger partial charge is 0.338 e. The molecular formula is C15H18FN5O2S. The van der Waals surface area contributed by atoms with E-state index in [0.29, 0.717) is 18.7 Å². The van der Waals surface area contributed by atoms with E-state index in [-0.39, 0.29) is 28.3 Å².